The smallest absolute Gasteiger partial charge is 0.462 e. The van der Waals surface area contributed by atoms with E-state index in [1.54, 1.807) is 0 Å². The van der Waals surface area contributed by atoms with Crippen molar-refractivity contribution in [2.75, 3.05) is 26.4 Å². The number of phosphoric acid groups is 1. The van der Waals surface area contributed by atoms with E-state index >= 15 is 0 Å². The molecule has 0 spiro atoms. The first-order chi connectivity index (χ1) is 34.2. The largest absolute Gasteiger partial charge is 0.472 e. The van der Waals surface area contributed by atoms with Crippen LogP contribution in [0, 0.1) is 0 Å². The van der Waals surface area contributed by atoms with E-state index in [4.69, 9.17) is 23.3 Å². The molecule has 0 aromatic rings. The number of ether oxygens (including phenoxy) is 3. The monoisotopic (exact) mass is 1000 g/mol. The molecule has 0 fully saturated rings. The Morgan fingerprint density at radius 3 is 1.20 bits per heavy atom. The molecular formula is C58H99O11P. The third-order valence-electron chi connectivity index (χ3n) is 11.3. The highest BCUT2D eigenvalue weighted by Gasteiger charge is 2.28. The van der Waals surface area contributed by atoms with Crippen LogP contribution in [0.5, 0.6) is 0 Å². The summed E-state index contributed by atoms with van der Waals surface area (Å²) in [6.07, 6.45) is 58.3. The normalized spacial score (nSPS) is 14.1. The summed E-state index contributed by atoms with van der Waals surface area (Å²) in [4.78, 5) is 48.4. The number of hydrogen-bond donors (Lipinski definition) is 2. The predicted octanol–water partition coefficient (Wildman–Crippen LogP) is 15.9. The molecule has 0 rings (SSSR count). The molecule has 0 aliphatic rings. The van der Waals surface area contributed by atoms with Gasteiger partial charge in [0.2, 0.25) is 0 Å². The minimum Gasteiger partial charge on any atom is -0.462 e. The van der Waals surface area contributed by atoms with Crippen LogP contribution in [0.1, 0.15) is 226 Å². The number of esters is 3. The molecule has 0 saturated heterocycles. The number of carbonyl (C=O) groups excluding carboxylic acids is 3. The van der Waals surface area contributed by atoms with Crippen molar-refractivity contribution in [2.45, 2.75) is 238 Å². The predicted molar refractivity (Wildman–Crippen MR) is 288 cm³/mol. The van der Waals surface area contributed by atoms with Gasteiger partial charge in [-0.25, -0.2) is 4.57 Å². The quantitative estimate of drug-likeness (QED) is 0.0197. The maximum Gasteiger partial charge on any atom is 0.472 e. The van der Waals surface area contributed by atoms with Crippen LogP contribution in [-0.4, -0.2) is 66.5 Å². The Balaban J connectivity index is 4.80. The molecule has 0 saturated carbocycles. The second-order valence-electron chi connectivity index (χ2n) is 18.0. The van der Waals surface area contributed by atoms with Gasteiger partial charge in [0.1, 0.15) is 12.7 Å². The molecule has 0 aliphatic heterocycles. The van der Waals surface area contributed by atoms with Crippen LogP contribution in [-0.2, 0) is 42.2 Å². The molecule has 3 unspecified atom stereocenters. The van der Waals surface area contributed by atoms with Crippen LogP contribution in [0.4, 0.5) is 0 Å². The molecule has 11 nitrogen and oxygen atoms in total. The average molecular weight is 1000 g/mol. The number of allylic oxidation sites excluding steroid dienone is 14. The van der Waals surface area contributed by atoms with Gasteiger partial charge in [0.15, 0.2) is 6.10 Å². The number of phosphoric ester groups is 1. The number of hydrogen-bond acceptors (Lipinski definition) is 10. The average Bonchev–Trinajstić information content (AvgIpc) is 3.35. The van der Waals surface area contributed by atoms with Gasteiger partial charge in [-0.05, 0) is 109 Å². The van der Waals surface area contributed by atoms with Gasteiger partial charge in [-0.2, -0.15) is 0 Å². The van der Waals surface area contributed by atoms with Gasteiger partial charge in [0.25, 0.3) is 0 Å². The number of carbonyl (C=O) groups is 3. The van der Waals surface area contributed by atoms with Crippen LogP contribution in [0.25, 0.3) is 0 Å². The van der Waals surface area contributed by atoms with Crippen molar-refractivity contribution < 1.29 is 52.2 Å². The summed E-state index contributed by atoms with van der Waals surface area (Å²) in [7, 11) is -4.76. The summed E-state index contributed by atoms with van der Waals surface area (Å²) in [6.45, 7) is 4.38. The first kappa shape index (κ1) is 66.7. The van der Waals surface area contributed by atoms with E-state index in [-0.39, 0.29) is 25.9 Å². The highest BCUT2D eigenvalue weighted by Crippen LogP contribution is 2.43. The van der Waals surface area contributed by atoms with Crippen molar-refractivity contribution in [3.63, 3.8) is 0 Å². The third kappa shape index (κ3) is 49.6. The Labute approximate surface area is 426 Å². The lowest BCUT2D eigenvalue weighted by Gasteiger charge is -2.21. The van der Waals surface area contributed by atoms with Crippen LogP contribution < -0.4 is 0 Å². The summed E-state index contributed by atoms with van der Waals surface area (Å²) in [5.74, 6) is -1.52. The highest BCUT2D eigenvalue weighted by molar-refractivity contribution is 7.47. The molecule has 402 valence electrons. The van der Waals surface area contributed by atoms with Crippen molar-refractivity contribution in [3.05, 3.63) is 85.1 Å². The number of aliphatic hydroxyl groups is 1. The van der Waals surface area contributed by atoms with E-state index in [2.05, 4.69) is 106 Å². The van der Waals surface area contributed by atoms with E-state index in [0.717, 1.165) is 148 Å². The van der Waals surface area contributed by atoms with Gasteiger partial charge in [-0.3, -0.25) is 23.4 Å². The Morgan fingerprint density at radius 2 is 0.771 bits per heavy atom. The number of rotatable bonds is 50. The van der Waals surface area contributed by atoms with E-state index < -0.39 is 57.8 Å². The molecule has 0 aromatic heterocycles. The van der Waals surface area contributed by atoms with Crippen molar-refractivity contribution >= 4 is 25.7 Å². The van der Waals surface area contributed by atoms with E-state index in [1.165, 1.54) is 19.3 Å². The highest BCUT2D eigenvalue weighted by atomic mass is 31.2. The maximum atomic E-state index is 12.9. The van der Waals surface area contributed by atoms with E-state index in [1.807, 2.05) is 0 Å². The lowest BCUT2D eigenvalue weighted by atomic mass is 10.1. The summed E-state index contributed by atoms with van der Waals surface area (Å²) in [6, 6.07) is 0. The fourth-order valence-corrected chi connectivity index (χ4v) is 7.87. The minimum absolute atomic E-state index is 0.141. The Bertz CT molecular complexity index is 1500. The number of aliphatic hydroxyl groups excluding tert-OH is 1. The van der Waals surface area contributed by atoms with Gasteiger partial charge in [0, 0.05) is 19.3 Å². The van der Waals surface area contributed by atoms with Crippen molar-refractivity contribution in [1.29, 1.82) is 0 Å². The van der Waals surface area contributed by atoms with Gasteiger partial charge >= 0.3 is 25.7 Å². The standard InChI is InChI=1S/C58H99O11P/c1-4-7-10-13-16-19-22-25-27-30-32-35-38-41-44-47-56(60)65-51-55(69-58(62)49-46-43-40-37-34-31-28-26-23-20-17-14-11-8-5-2)53-67-70(63,64)66-52-54(50-59)68-57(61)48-45-42-39-36-33-29-24-21-18-15-12-9-6-3/h8,11-12,15-17,19-21,24-28,54-55,59H,4-7,9-10,13-14,18,22-23,29-53H2,1-3H3,(H,63,64)/b11-8-,15-12-,19-16-,20-17-,24-21-,27-25-,28-26-. The van der Waals surface area contributed by atoms with Crippen LogP contribution in [0.3, 0.4) is 0 Å². The molecule has 0 aliphatic carbocycles. The second kappa shape index (κ2) is 52.0. The van der Waals surface area contributed by atoms with Gasteiger partial charge in [-0.1, -0.05) is 183 Å². The molecule has 0 amide bonds. The summed E-state index contributed by atoms with van der Waals surface area (Å²) < 4.78 is 39.4. The lowest BCUT2D eigenvalue weighted by Crippen LogP contribution is -2.30. The van der Waals surface area contributed by atoms with Crippen molar-refractivity contribution in [3.8, 4) is 0 Å². The van der Waals surface area contributed by atoms with Gasteiger partial charge in [-0.15, -0.1) is 0 Å². The molecule has 70 heavy (non-hydrogen) atoms. The molecule has 2 N–H and O–H groups in total. The molecule has 0 aromatic carbocycles. The summed E-state index contributed by atoms with van der Waals surface area (Å²) in [5.41, 5.74) is 0. The molecule has 0 bridgehead atoms. The zero-order chi connectivity index (χ0) is 51.3. The number of unbranched alkanes of at least 4 members (excludes halogenated alkanes) is 19. The zero-order valence-electron chi connectivity index (χ0n) is 44.2. The first-order valence-electron chi connectivity index (χ1n) is 27.5. The third-order valence-corrected chi connectivity index (χ3v) is 12.2. The van der Waals surface area contributed by atoms with Gasteiger partial charge in [0.05, 0.1) is 19.8 Å². The fourth-order valence-electron chi connectivity index (χ4n) is 7.08. The maximum absolute atomic E-state index is 12.9. The molecule has 12 heteroatoms. The van der Waals surface area contributed by atoms with Crippen molar-refractivity contribution in [2.24, 2.45) is 0 Å². The van der Waals surface area contributed by atoms with E-state index in [0.29, 0.717) is 19.3 Å². The molecule has 0 heterocycles. The van der Waals surface area contributed by atoms with Gasteiger partial charge < -0.3 is 24.2 Å². The fraction of sp³-hybridized carbons (Fsp3) is 0.707. The van der Waals surface area contributed by atoms with Crippen LogP contribution in [0.2, 0.25) is 0 Å². The first-order valence-corrected chi connectivity index (χ1v) is 29.0. The summed E-state index contributed by atoms with van der Waals surface area (Å²) in [5, 5.41) is 9.79. The summed E-state index contributed by atoms with van der Waals surface area (Å²) >= 11 is 0. The topological polar surface area (TPSA) is 155 Å². The Morgan fingerprint density at radius 1 is 0.414 bits per heavy atom. The Kier molecular flexibility index (Phi) is 49.5. The van der Waals surface area contributed by atoms with Crippen molar-refractivity contribution in [1.82, 2.24) is 0 Å². The molecule has 3 atom stereocenters. The van der Waals surface area contributed by atoms with E-state index in [9.17, 15) is 28.9 Å². The molecular weight excluding hydrogens is 904 g/mol. The molecule has 0 radical (unpaired) electrons. The minimum atomic E-state index is -4.76. The van der Waals surface area contributed by atoms with Crippen LogP contribution in [0.15, 0.2) is 85.1 Å². The lowest BCUT2D eigenvalue weighted by molar-refractivity contribution is -0.161. The SMILES string of the molecule is CC/C=C\C/C=C\C/C=C\CCCCCCCC(=O)OC(COC(=O)CCCCCCC/C=C\C/C=C\CCCCC)COP(=O)(O)OCC(CO)OC(=O)CCCCCCC/C=C\C/C=C\CCC. The second-order valence-corrected chi connectivity index (χ2v) is 19.5. The zero-order valence-corrected chi connectivity index (χ0v) is 45.1. The Hall–Kier alpha value is -3.34. The van der Waals surface area contributed by atoms with Crippen LogP contribution >= 0.6 is 7.82 Å².